The van der Waals surface area contributed by atoms with Crippen LogP contribution >= 0.6 is 0 Å². The molecule has 0 rings (SSSR count). The molecule has 92 valence electrons. The first-order chi connectivity index (χ1) is 6.21. The summed E-state index contributed by atoms with van der Waals surface area (Å²) in [6.07, 6.45) is -12.7. The zero-order chi connectivity index (χ0) is 12.7. The van der Waals surface area contributed by atoms with Gasteiger partial charge in [-0.05, 0) is 0 Å². The van der Waals surface area contributed by atoms with E-state index in [1.807, 2.05) is 0 Å². The molecule has 0 unspecified atom stereocenters. The molecule has 15 heavy (non-hydrogen) atoms. The molecule has 0 saturated carbocycles. The SMILES string of the molecule is FC(F)(F)[C](F)(F)[GeH2][C](F)(F)C(F)(F)F. The van der Waals surface area contributed by atoms with E-state index in [1.54, 1.807) is 0 Å². The predicted molar refractivity (Wildman–Crippen MR) is 30.5 cm³/mol. The Morgan fingerprint density at radius 2 is 0.667 bits per heavy atom. The fraction of sp³-hybridized carbons (Fsp3) is 1.00. The summed E-state index contributed by atoms with van der Waals surface area (Å²) >= 11 is -5.55. The van der Waals surface area contributed by atoms with Gasteiger partial charge in [0.1, 0.15) is 0 Å². The van der Waals surface area contributed by atoms with Crippen LogP contribution in [0.2, 0.25) is 0 Å². The average molecular weight is 313 g/mol. The Hall–Kier alpha value is -0.157. The molecule has 0 nitrogen and oxygen atoms in total. The van der Waals surface area contributed by atoms with Crippen LogP contribution in [-0.2, 0) is 0 Å². The van der Waals surface area contributed by atoms with Crippen LogP contribution in [0, 0.1) is 0 Å². The second kappa shape index (κ2) is 3.70. The maximum atomic E-state index is 11.9. The minimum absolute atomic E-state index is 5.55. The molecule has 0 aliphatic rings. The topological polar surface area (TPSA) is 0 Å². The summed E-state index contributed by atoms with van der Waals surface area (Å²) in [6, 6.07) is 0. The number of hydrogen-bond acceptors (Lipinski definition) is 0. The third-order valence-electron chi connectivity index (χ3n) is 1.27. The summed E-state index contributed by atoms with van der Waals surface area (Å²) in [5, 5.41) is 0. The van der Waals surface area contributed by atoms with E-state index in [9.17, 15) is 43.9 Å². The van der Waals surface area contributed by atoms with Crippen molar-refractivity contribution in [2.24, 2.45) is 0 Å². The van der Waals surface area contributed by atoms with Crippen molar-refractivity contribution < 1.29 is 43.9 Å². The van der Waals surface area contributed by atoms with Gasteiger partial charge in [0, 0.05) is 0 Å². The van der Waals surface area contributed by atoms with E-state index in [4.69, 9.17) is 0 Å². The molecule has 0 N–H and O–H groups in total. The van der Waals surface area contributed by atoms with Gasteiger partial charge in [-0.2, -0.15) is 0 Å². The molecule has 0 aliphatic carbocycles. The molecule has 11 heteroatoms. The van der Waals surface area contributed by atoms with Gasteiger partial charge in [-0.15, -0.1) is 0 Å². The molecule has 0 atom stereocenters. The van der Waals surface area contributed by atoms with Crippen molar-refractivity contribution in [1.82, 2.24) is 0 Å². The standard InChI is InChI=1S/C4H2F10Ge/c5-1(6,7)3(11,12)15-4(13,14)2(8,9)10/h15H2. The van der Waals surface area contributed by atoms with Crippen molar-refractivity contribution in [2.45, 2.75) is 21.9 Å². The fourth-order valence-electron chi connectivity index (χ4n) is 0.479. The molecule has 0 aromatic heterocycles. The quantitative estimate of drug-likeness (QED) is 0.543. The Morgan fingerprint density at radius 3 is 0.800 bits per heavy atom. The van der Waals surface area contributed by atoms with Gasteiger partial charge < -0.3 is 0 Å². The van der Waals surface area contributed by atoms with Crippen LogP contribution in [0.3, 0.4) is 0 Å². The second-order valence-corrected chi connectivity index (χ2v) is 7.05. The van der Waals surface area contributed by atoms with Crippen molar-refractivity contribution in [3.63, 3.8) is 0 Å². The number of alkyl halides is 10. The van der Waals surface area contributed by atoms with E-state index in [0.29, 0.717) is 0 Å². The van der Waals surface area contributed by atoms with Crippen molar-refractivity contribution in [1.29, 1.82) is 0 Å². The molecule has 0 spiro atoms. The Bertz CT molecular complexity index is 199. The van der Waals surface area contributed by atoms with Crippen LogP contribution < -0.4 is 0 Å². The van der Waals surface area contributed by atoms with E-state index >= 15 is 0 Å². The van der Waals surface area contributed by atoms with Crippen molar-refractivity contribution in [2.75, 3.05) is 0 Å². The molecule has 0 fully saturated rings. The molecule has 0 radical (unpaired) electrons. The summed E-state index contributed by atoms with van der Waals surface area (Å²) in [4.78, 5) is 0. The molecular weight excluding hydrogens is 311 g/mol. The number of hydrogen-bond donors (Lipinski definition) is 0. The summed E-state index contributed by atoms with van der Waals surface area (Å²) in [5.74, 6) is 0. The monoisotopic (exact) mass is 314 g/mol. The number of rotatable bonds is 2. The first kappa shape index (κ1) is 14.8. The molecule has 0 amide bonds. The summed E-state index contributed by atoms with van der Waals surface area (Å²) in [5.41, 5.74) is 0. The van der Waals surface area contributed by atoms with Gasteiger partial charge in [-0.25, -0.2) is 0 Å². The van der Waals surface area contributed by atoms with Gasteiger partial charge in [-0.1, -0.05) is 0 Å². The van der Waals surface area contributed by atoms with E-state index < -0.39 is 37.3 Å². The van der Waals surface area contributed by atoms with E-state index in [2.05, 4.69) is 0 Å². The van der Waals surface area contributed by atoms with E-state index in [0.717, 1.165) is 0 Å². The molecule has 0 aromatic rings. The Labute approximate surface area is 82.1 Å². The molecule has 0 saturated heterocycles. The molecule has 0 heterocycles. The van der Waals surface area contributed by atoms with Crippen LogP contribution in [0.1, 0.15) is 0 Å². The van der Waals surface area contributed by atoms with Gasteiger partial charge in [-0.3, -0.25) is 0 Å². The van der Waals surface area contributed by atoms with E-state index in [1.165, 1.54) is 0 Å². The van der Waals surface area contributed by atoms with Gasteiger partial charge >= 0.3 is 81.2 Å². The average Bonchev–Trinajstić information content (AvgIpc) is 1.77. The minimum atomic E-state index is -6.36. The Balaban J connectivity index is 4.89. The zero-order valence-electron chi connectivity index (χ0n) is 6.49. The second-order valence-electron chi connectivity index (χ2n) is 2.58. The van der Waals surface area contributed by atoms with Crippen molar-refractivity contribution in [3.8, 4) is 0 Å². The van der Waals surface area contributed by atoms with Crippen LogP contribution in [0.5, 0.6) is 0 Å². The molecule has 0 bridgehead atoms. The van der Waals surface area contributed by atoms with Gasteiger partial charge in [0.2, 0.25) is 0 Å². The normalized spacial score (nSPS) is 15.6. The summed E-state index contributed by atoms with van der Waals surface area (Å²) in [7, 11) is 0. The van der Waals surface area contributed by atoms with Crippen LogP contribution in [0.4, 0.5) is 43.9 Å². The van der Waals surface area contributed by atoms with Crippen LogP contribution in [0.15, 0.2) is 0 Å². The number of halogens is 10. The summed E-state index contributed by atoms with van der Waals surface area (Å²) in [6.45, 7) is 0. The van der Waals surface area contributed by atoms with Crippen molar-refractivity contribution >= 4 is 15.4 Å². The molecular formula is C4H2F10Ge. The fourth-order valence-corrected chi connectivity index (χ4v) is 2.49. The summed E-state index contributed by atoms with van der Waals surface area (Å²) < 4.78 is 104. The van der Waals surface area contributed by atoms with Gasteiger partial charge in [0.05, 0.1) is 0 Å². The Morgan fingerprint density at radius 1 is 0.467 bits per heavy atom. The van der Waals surface area contributed by atoms with Gasteiger partial charge in [0.25, 0.3) is 0 Å². The third-order valence-corrected chi connectivity index (χ3v) is 4.82. The van der Waals surface area contributed by atoms with Crippen LogP contribution in [-0.4, -0.2) is 37.3 Å². The van der Waals surface area contributed by atoms with E-state index in [-0.39, 0.29) is 0 Å². The first-order valence-corrected chi connectivity index (χ1v) is 6.06. The first-order valence-electron chi connectivity index (χ1n) is 3.10. The maximum absolute atomic E-state index is 11.9. The van der Waals surface area contributed by atoms with Crippen molar-refractivity contribution in [3.05, 3.63) is 0 Å². The zero-order valence-corrected chi connectivity index (χ0v) is 9.45. The Kier molecular flexibility index (Phi) is 3.66. The third kappa shape index (κ3) is 3.42. The molecule has 0 aliphatic heterocycles. The predicted octanol–water partition coefficient (Wildman–Crippen LogP) is 2.47. The van der Waals surface area contributed by atoms with Crippen LogP contribution in [0.25, 0.3) is 0 Å². The molecule has 0 aromatic carbocycles. The van der Waals surface area contributed by atoms with Gasteiger partial charge in [0.15, 0.2) is 0 Å².